The summed E-state index contributed by atoms with van der Waals surface area (Å²) in [6, 6.07) is 6.54. The predicted molar refractivity (Wildman–Crippen MR) is 72.9 cm³/mol. The SMILES string of the molecule is CC1NC(c2ccccc2OC(F)F)N(C2CCC2)C1=O. The normalized spacial score (nSPS) is 26.3. The number of amides is 1. The Morgan fingerprint density at radius 2 is 2.05 bits per heavy atom. The second kappa shape index (κ2) is 5.60. The van der Waals surface area contributed by atoms with E-state index in [1.165, 1.54) is 6.07 Å². The maximum absolute atomic E-state index is 12.6. The van der Waals surface area contributed by atoms with Crippen molar-refractivity contribution in [2.24, 2.45) is 0 Å². The number of hydrogen-bond donors (Lipinski definition) is 1. The van der Waals surface area contributed by atoms with Crippen molar-refractivity contribution in [3.8, 4) is 5.75 Å². The summed E-state index contributed by atoms with van der Waals surface area (Å²) in [4.78, 5) is 14.1. The molecule has 1 aliphatic carbocycles. The number of carbonyl (C=O) groups is 1. The van der Waals surface area contributed by atoms with Crippen LogP contribution in [0.5, 0.6) is 5.75 Å². The first-order chi connectivity index (χ1) is 10.1. The Balaban J connectivity index is 1.92. The predicted octanol–water partition coefficient (Wildman–Crippen LogP) is 2.66. The molecule has 1 heterocycles. The number of ether oxygens (including phenoxy) is 1. The number of nitrogens with zero attached hydrogens (tertiary/aromatic N) is 1. The maximum atomic E-state index is 12.6. The molecule has 0 spiro atoms. The number of para-hydroxylation sites is 1. The van der Waals surface area contributed by atoms with Gasteiger partial charge in [-0.3, -0.25) is 10.1 Å². The van der Waals surface area contributed by atoms with Gasteiger partial charge in [-0.25, -0.2) is 0 Å². The average molecular weight is 296 g/mol. The molecule has 0 bridgehead atoms. The summed E-state index contributed by atoms with van der Waals surface area (Å²) in [5, 5.41) is 3.18. The molecular weight excluding hydrogens is 278 g/mol. The molecule has 1 aliphatic heterocycles. The Morgan fingerprint density at radius 3 is 2.67 bits per heavy atom. The molecule has 1 N–H and O–H groups in total. The van der Waals surface area contributed by atoms with Gasteiger partial charge in [0, 0.05) is 11.6 Å². The van der Waals surface area contributed by atoms with Crippen molar-refractivity contribution in [2.45, 2.75) is 51.0 Å². The molecule has 1 aromatic rings. The molecule has 1 saturated heterocycles. The van der Waals surface area contributed by atoms with Crippen LogP contribution in [0.2, 0.25) is 0 Å². The average Bonchev–Trinajstić information content (AvgIpc) is 2.65. The quantitative estimate of drug-likeness (QED) is 0.928. The first kappa shape index (κ1) is 14.3. The Hall–Kier alpha value is -1.69. The fourth-order valence-electron chi connectivity index (χ4n) is 2.94. The smallest absolute Gasteiger partial charge is 0.387 e. The Morgan fingerprint density at radius 1 is 1.33 bits per heavy atom. The van der Waals surface area contributed by atoms with E-state index in [-0.39, 0.29) is 23.7 Å². The largest absolute Gasteiger partial charge is 0.434 e. The maximum Gasteiger partial charge on any atom is 0.387 e. The zero-order valence-corrected chi connectivity index (χ0v) is 11.8. The lowest BCUT2D eigenvalue weighted by atomic mass is 9.90. The number of halogens is 2. The van der Waals surface area contributed by atoms with Gasteiger partial charge >= 0.3 is 6.61 Å². The van der Waals surface area contributed by atoms with Crippen molar-refractivity contribution in [3.63, 3.8) is 0 Å². The molecule has 0 radical (unpaired) electrons. The molecule has 21 heavy (non-hydrogen) atoms. The number of benzene rings is 1. The lowest BCUT2D eigenvalue weighted by molar-refractivity contribution is -0.133. The van der Waals surface area contributed by atoms with E-state index in [4.69, 9.17) is 0 Å². The van der Waals surface area contributed by atoms with E-state index in [1.807, 2.05) is 0 Å². The van der Waals surface area contributed by atoms with E-state index in [0.29, 0.717) is 5.56 Å². The Labute approximate surface area is 122 Å². The Kier molecular flexibility index (Phi) is 3.80. The van der Waals surface area contributed by atoms with E-state index in [1.54, 1.807) is 30.0 Å². The second-order valence-corrected chi connectivity index (χ2v) is 5.54. The highest BCUT2D eigenvalue weighted by molar-refractivity contribution is 5.84. The molecule has 2 fully saturated rings. The highest BCUT2D eigenvalue weighted by Gasteiger charge is 2.43. The number of hydrogen-bond acceptors (Lipinski definition) is 3. The summed E-state index contributed by atoms with van der Waals surface area (Å²) in [5.74, 6) is 0.146. The summed E-state index contributed by atoms with van der Waals surface area (Å²) < 4.78 is 29.7. The summed E-state index contributed by atoms with van der Waals surface area (Å²) in [6.07, 6.45) is 2.64. The third-order valence-corrected chi connectivity index (χ3v) is 4.21. The molecule has 6 heteroatoms. The zero-order chi connectivity index (χ0) is 15.0. The van der Waals surface area contributed by atoms with E-state index in [0.717, 1.165) is 19.3 Å². The van der Waals surface area contributed by atoms with E-state index >= 15 is 0 Å². The fourth-order valence-corrected chi connectivity index (χ4v) is 2.94. The molecule has 3 rings (SSSR count). The van der Waals surface area contributed by atoms with E-state index in [9.17, 15) is 13.6 Å². The van der Waals surface area contributed by atoms with Gasteiger partial charge in [0.15, 0.2) is 0 Å². The molecule has 2 aliphatic rings. The van der Waals surface area contributed by atoms with Gasteiger partial charge in [-0.2, -0.15) is 8.78 Å². The molecule has 2 atom stereocenters. The minimum absolute atomic E-state index is 0.0246. The van der Waals surface area contributed by atoms with Crippen molar-refractivity contribution in [3.05, 3.63) is 29.8 Å². The van der Waals surface area contributed by atoms with Crippen LogP contribution in [0.3, 0.4) is 0 Å². The molecule has 0 aromatic heterocycles. The lowest BCUT2D eigenvalue weighted by Gasteiger charge is -2.38. The number of carbonyl (C=O) groups excluding carboxylic acids is 1. The van der Waals surface area contributed by atoms with Crippen molar-refractivity contribution in [2.75, 3.05) is 0 Å². The number of alkyl halides is 2. The molecule has 4 nitrogen and oxygen atoms in total. The van der Waals surface area contributed by atoms with Crippen LogP contribution in [-0.2, 0) is 4.79 Å². The third kappa shape index (κ3) is 2.60. The summed E-state index contributed by atoms with van der Waals surface area (Å²) in [7, 11) is 0. The van der Waals surface area contributed by atoms with Crippen LogP contribution in [0.1, 0.15) is 37.9 Å². The van der Waals surface area contributed by atoms with Gasteiger partial charge in [-0.1, -0.05) is 18.2 Å². The lowest BCUT2D eigenvalue weighted by Crippen LogP contribution is -2.44. The zero-order valence-electron chi connectivity index (χ0n) is 11.8. The summed E-state index contributed by atoms with van der Waals surface area (Å²) >= 11 is 0. The van der Waals surface area contributed by atoms with E-state index < -0.39 is 12.8 Å². The topological polar surface area (TPSA) is 41.6 Å². The first-order valence-corrected chi connectivity index (χ1v) is 7.20. The van der Waals surface area contributed by atoms with Crippen LogP contribution < -0.4 is 10.1 Å². The highest BCUT2D eigenvalue weighted by Crippen LogP contribution is 2.38. The monoisotopic (exact) mass is 296 g/mol. The van der Waals surface area contributed by atoms with Gasteiger partial charge in [-0.05, 0) is 32.3 Å². The van der Waals surface area contributed by atoms with Crippen LogP contribution in [0.15, 0.2) is 24.3 Å². The van der Waals surface area contributed by atoms with Crippen LogP contribution in [0.25, 0.3) is 0 Å². The molecule has 1 aromatic carbocycles. The summed E-state index contributed by atoms with van der Waals surface area (Å²) in [6.45, 7) is -1.08. The van der Waals surface area contributed by atoms with Gasteiger partial charge in [0.25, 0.3) is 0 Å². The molecule has 1 amide bonds. The standard InChI is InChI=1S/C15H18F2N2O2/c1-9-14(20)19(10-5-4-6-10)13(18-9)11-7-2-3-8-12(11)21-15(16)17/h2-3,7-10,13,15,18H,4-6H2,1H3. The minimum Gasteiger partial charge on any atom is -0.434 e. The van der Waals surface area contributed by atoms with Crippen molar-refractivity contribution in [1.82, 2.24) is 10.2 Å². The van der Waals surface area contributed by atoms with Crippen molar-refractivity contribution < 1.29 is 18.3 Å². The van der Waals surface area contributed by atoms with E-state index in [2.05, 4.69) is 10.1 Å². The van der Waals surface area contributed by atoms with Crippen LogP contribution in [0.4, 0.5) is 8.78 Å². The molecule has 1 saturated carbocycles. The Bertz CT molecular complexity index is 534. The third-order valence-electron chi connectivity index (χ3n) is 4.21. The van der Waals surface area contributed by atoms with Gasteiger partial charge in [-0.15, -0.1) is 0 Å². The molecule has 2 unspecified atom stereocenters. The van der Waals surface area contributed by atoms with Gasteiger partial charge in [0.05, 0.1) is 6.04 Å². The summed E-state index contributed by atoms with van der Waals surface area (Å²) in [5.41, 5.74) is 0.586. The van der Waals surface area contributed by atoms with Crippen molar-refractivity contribution >= 4 is 5.91 Å². The van der Waals surface area contributed by atoms with Crippen molar-refractivity contribution in [1.29, 1.82) is 0 Å². The van der Waals surface area contributed by atoms with Crippen LogP contribution >= 0.6 is 0 Å². The number of rotatable bonds is 4. The second-order valence-electron chi connectivity index (χ2n) is 5.54. The molecular formula is C15H18F2N2O2. The van der Waals surface area contributed by atoms with Gasteiger partial charge in [0.2, 0.25) is 5.91 Å². The fraction of sp³-hybridized carbons (Fsp3) is 0.533. The molecule has 114 valence electrons. The number of nitrogens with one attached hydrogen (secondary N) is 1. The van der Waals surface area contributed by atoms with Crippen LogP contribution in [0, 0.1) is 0 Å². The first-order valence-electron chi connectivity index (χ1n) is 7.20. The highest BCUT2D eigenvalue weighted by atomic mass is 19.3. The van der Waals surface area contributed by atoms with Crippen LogP contribution in [-0.4, -0.2) is 29.5 Å². The van der Waals surface area contributed by atoms with Gasteiger partial charge < -0.3 is 9.64 Å². The minimum atomic E-state index is -2.88. The van der Waals surface area contributed by atoms with Gasteiger partial charge in [0.1, 0.15) is 11.9 Å².